The Labute approximate surface area is 709 Å². The van der Waals surface area contributed by atoms with E-state index in [4.69, 9.17) is 71.1 Å². The van der Waals surface area contributed by atoms with Crippen LogP contribution in [0.1, 0.15) is 345 Å². The van der Waals surface area contributed by atoms with Crippen LogP contribution < -0.4 is 0 Å². The number of rotatable bonds is 23. The normalized spacial score (nSPS) is 27.2. The lowest BCUT2D eigenvalue weighted by atomic mass is 9.81. The molecule has 8 saturated heterocycles. The van der Waals surface area contributed by atoms with E-state index in [0.29, 0.717) is 64.6 Å². The fraction of sp³-hybridized carbons (Fsp3) is 0.844. The highest BCUT2D eigenvalue weighted by molar-refractivity contribution is 5.87. The van der Waals surface area contributed by atoms with Crippen molar-refractivity contribution in [2.24, 2.45) is 49.2 Å². The molecule has 0 radical (unpaired) electrons. The van der Waals surface area contributed by atoms with Gasteiger partial charge in [-0.2, -0.15) is 0 Å². The van der Waals surface area contributed by atoms with E-state index < -0.39 is 102 Å². The molecule has 8 aliphatic rings. The number of ether oxygens (including phenoxy) is 15. The van der Waals surface area contributed by atoms with Gasteiger partial charge in [0.2, 0.25) is 11.7 Å². The maximum Gasteiger partial charge on any atom is 0.351 e. The minimum Gasteiger partial charge on any atom is -0.465 e. The summed E-state index contributed by atoms with van der Waals surface area (Å²) in [6.45, 7) is 66.2. The van der Waals surface area contributed by atoms with Crippen molar-refractivity contribution in [1.82, 2.24) is 0 Å². The largest absolute Gasteiger partial charge is 0.465 e. The van der Waals surface area contributed by atoms with Crippen molar-refractivity contribution in [3.8, 4) is 0 Å². The van der Waals surface area contributed by atoms with Crippen LogP contribution in [-0.2, 0) is 138 Å². The van der Waals surface area contributed by atoms with E-state index in [1.165, 1.54) is 7.11 Å². The summed E-state index contributed by atoms with van der Waals surface area (Å²) in [5, 5.41) is 0. The fourth-order valence-electron chi connectivity index (χ4n) is 11.9. The molecule has 0 bridgehead atoms. The van der Waals surface area contributed by atoms with E-state index >= 15 is 0 Å². The van der Waals surface area contributed by atoms with E-state index in [2.05, 4.69) is 0 Å². The quantitative estimate of drug-likeness (QED) is 0.0677. The summed E-state index contributed by atoms with van der Waals surface area (Å²) in [7, 11) is 1.52. The van der Waals surface area contributed by atoms with Crippen LogP contribution in [0, 0.1) is 49.2 Å². The monoisotopic (exact) mass is 1700 g/mol. The van der Waals surface area contributed by atoms with Gasteiger partial charge in [-0.25, -0.2) is 9.59 Å². The van der Waals surface area contributed by atoms with Gasteiger partial charge in [0.15, 0.2) is 23.4 Å². The highest BCUT2D eigenvalue weighted by Gasteiger charge is 2.58. The fourth-order valence-corrected chi connectivity index (χ4v) is 11.9. The zero-order chi connectivity index (χ0) is 93.1. The Kier molecular flexibility index (Phi) is 38.7. The molecule has 29 heteroatoms. The summed E-state index contributed by atoms with van der Waals surface area (Å²) in [6.07, 6.45) is 7.67. The lowest BCUT2D eigenvalue weighted by Crippen LogP contribution is -2.49. The van der Waals surface area contributed by atoms with Gasteiger partial charge in [0.1, 0.15) is 34.6 Å². The highest BCUT2D eigenvalue weighted by atomic mass is 16.7. The number of hydrogen-bond donors (Lipinski definition) is 0. The first-order valence-corrected chi connectivity index (χ1v) is 42.2. The molecule has 0 aromatic carbocycles. The number of methoxy groups -OCH3 is 1. The zero-order valence-electron chi connectivity index (χ0n) is 79.3. The van der Waals surface area contributed by atoms with Gasteiger partial charge in [0, 0.05) is 26.4 Å². The standard InChI is InChI=1S/C13H22O5.2C13H22O4.2C12H20O4.C11H18O4.C9H16O2.C7H12O2/c1-6-12(2,3)11(15)17-9-7-10(14)18-13(9,4)8-16-5;1-7-11(2,3)9(14)17-13(6)8-12(4,5)16-10(13)15;1-7-11(2,3)10(15)17-13(6)8-9(14)16-12(13,4)5;1-6-11(2,3)10(14)15-8-7-12(4,5)16-9(8)13;1-6-11(2,3)10(14)15-8-7-9(13)16-12(8,4)5;1-4-11(2,3)10(13)15-7-8-5-6-14-9(8)12;1-5-9(4)6-8(2,3)11-7(9)10;1-3-7(2)4-5-9-6(7)8/h9H,6-8H2,1-5H3;2*7-8H2,1-6H3;2*8H,6-7H2,1-5H3;8H,4-7H2,1-3H3;5-6H2,1-4H3;3-5H2,1-2H3. The summed E-state index contributed by atoms with van der Waals surface area (Å²) in [6, 6.07) is 0. The number of esters is 14. The second-order valence-electron chi connectivity index (χ2n) is 40.2. The van der Waals surface area contributed by atoms with Crippen molar-refractivity contribution in [3.63, 3.8) is 0 Å². The SMILES string of the molecule is CCC(C)(C)C(=O)OC1(C)CC(=O)OC1(C)C.CCC(C)(C)C(=O)OC1(C)CC(C)(C)OC1=O.CCC(C)(C)C(=O)OC1CC(=O)OC1(C)C.CCC(C)(C)C(=O)OC1CC(=O)OC1(C)COC.CCC(C)(C)C(=O)OC1CC(C)(C)OC1=O.CCC(C)(C)C(=O)OCC1CCOC1=O.CCC1(C)CC(C)(C)OC1=O.CCC1(C)CCOC1=O. The second kappa shape index (κ2) is 42.1. The van der Waals surface area contributed by atoms with Crippen molar-refractivity contribution >= 4 is 83.6 Å². The Morgan fingerprint density at radius 1 is 0.412 bits per heavy atom. The Balaban J connectivity index is 0.000000684. The Morgan fingerprint density at radius 3 is 1.17 bits per heavy atom. The Bertz CT molecular complexity index is 3550. The van der Waals surface area contributed by atoms with Crippen molar-refractivity contribution in [2.75, 3.05) is 33.5 Å². The summed E-state index contributed by atoms with van der Waals surface area (Å²) >= 11 is 0. The third-order valence-corrected chi connectivity index (χ3v) is 24.4. The van der Waals surface area contributed by atoms with Crippen molar-refractivity contribution in [3.05, 3.63) is 0 Å². The lowest BCUT2D eigenvalue weighted by molar-refractivity contribution is -0.184. The summed E-state index contributed by atoms with van der Waals surface area (Å²) in [5.74, 6) is -4.26. The molecule has 119 heavy (non-hydrogen) atoms. The first-order valence-electron chi connectivity index (χ1n) is 42.2. The molecule has 0 saturated carbocycles. The van der Waals surface area contributed by atoms with Crippen LogP contribution in [0.25, 0.3) is 0 Å². The smallest absolute Gasteiger partial charge is 0.351 e. The van der Waals surface area contributed by atoms with E-state index in [1.807, 2.05) is 180 Å². The molecule has 0 spiro atoms. The van der Waals surface area contributed by atoms with Gasteiger partial charge < -0.3 is 71.1 Å². The minimum absolute atomic E-state index is 0.0231. The van der Waals surface area contributed by atoms with Crippen molar-refractivity contribution in [2.45, 2.75) is 408 Å². The molecular formula is C90H152O29. The van der Waals surface area contributed by atoms with Gasteiger partial charge in [0.25, 0.3) is 0 Å². The van der Waals surface area contributed by atoms with Gasteiger partial charge >= 0.3 is 83.6 Å². The van der Waals surface area contributed by atoms with Gasteiger partial charge in [-0.05, 0) is 251 Å². The molecule has 9 unspecified atom stereocenters. The van der Waals surface area contributed by atoms with Crippen molar-refractivity contribution < 1.29 is 138 Å². The van der Waals surface area contributed by atoms with Crippen molar-refractivity contribution in [1.29, 1.82) is 0 Å². The number of carbonyl (C=O) groups excluding carboxylic acids is 14. The molecule has 686 valence electrons. The number of cyclic esters (lactones) is 8. The predicted octanol–water partition coefficient (Wildman–Crippen LogP) is 15.7. The van der Waals surface area contributed by atoms with Crippen LogP contribution in [0.2, 0.25) is 0 Å². The van der Waals surface area contributed by atoms with Gasteiger partial charge in [-0.15, -0.1) is 0 Å². The van der Waals surface area contributed by atoms with Crippen LogP contribution in [0.3, 0.4) is 0 Å². The van der Waals surface area contributed by atoms with Crippen LogP contribution in [0.4, 0.5) is 0 Å². The molecule has 8 rings (SSSR count). The van der Waals surface area contributed by atoms with E-state index in [-0.39, 0.29) is 126 Å². The highest BCUT2D eigenvalue weighted by Crippen LogP contribution is 2.45. The molecule has 8 aliphatic heterocycles. The summed E-state index contributed by atoms with van der Waals surface area (Å²) in [5.41, 5.74) is -9.34. The average molecular weight is 1700 g/mol. The number of carbonyl (C=O) groups is 14. The predicted molar refractivity (Wildman–Crippen MR) is 440 cm³/mol. The zero-order valence-corrected chi connectivity index (χ0v) is 79.3. The number of hydrogen-bond acceptors (Lipinski definition) is 29. The van der Waals surface area contributed by atoms with E-state index in [9.17, 15) is 67.1 Å². The first kappa shape index (κ1) is 110. The lowest BCUT2D eigenvalue weighted by Gasteiger charge is -2.36. The molecule has 8 heterocycles. The second-order valence-corrected chi connectivity index (χ2v) is 40.2. The summed E-state index contributed by atoms with van der Waals surface area (Å²) in [4.78, 5) is 162. The molecule has 0 amide bonds. The van der Waals surface area contributed by atoms with Crippen LogP contribution in [0.5, 0.6) is 0 Å². The van der Waals surface area contributed by atoms with E-state index in [1.54, 1.807) is 62.3 Å². The first-order chi connectivity index (χ1) is 53.7. The van der Waals surface area contributed by atoms with Gasteiger partial charge in [0.05, 0.1) is 88.3 Å². The van der Waals surface area contributed by atoms with Crippen LogP contribution in [-0.4, -0.2) is 180 Å². The Morgan fingerprint density at radius 2 is 0.832 bits per heavy atom. The summed E-state index contributed by atoms with van der Waals surface area (Å²) < 4.78 is 77.7. The van der Waals surface area contributed by atoms with E-state index in [0.717, 1.165) is 32.1 Å². The molecular weight excluding hydrogens is 1540 g/mol. The molecule has 0 aromatic rings. The minimum atomic E-state index is -1.15. The van der Waals surface area contributed by atoms with Gasteiger partial charge in [-0.3, -0.25) is 57.5 Å². The average Bonchev–Trinajstić information content (AvgIpc) is 1.63. The molecule has 0 aliphatic carbocycles. The van der Waals surface area contributed by atoms with Gasteiger partial charge in [-0.1, -0.05) is 55.4 Å². The topological polar surface area (TPSA) is 377 Å². The molecule has 29 nitrogen and oxygen atoms in total. The van der Waals surface area contributed by atoms with Crippen LogP contribution in [0.15, 0.2) is 0 Å². The molecule has 8 fully saturated rings. The maximum absolute atomic E-state index is 12.1. The third-order valence-electron chi connectivity index (χ3n) is 24.4. The molecule has 0 N–H and O–H groups in total. The molecule has 9 atom stereocenters. The maximum atomic E-state index is 12.1. The third kappa shape index (κ3) is 31.4. The Hall–Kier alpha value is -7.46. The van der Waals surface area contributed by atoms with Crippen LogP contribution >= 0.6 is 0 Å². The molecule has 0 aromatic heterocycles.